The summed E-state index contributed by atoms with van der Waals surface area (Å²) in [6.07, 6.45) is 0. The first-order chi connectivity index (χ1) is 10.1. The Morgan fingerprint density at radius 3 is 2.48 bits per heavy atom. The summed E-state index contributed by atoms with van der Waals surface area (Å²) in [5.74, 6) is 0.940. The highest BCUT2D eigenvalue weighted by atomic mass is 35.5. The van der Waals surface area contributed by atoms with Crippen LogP contribution in [0.2, 0.25) is 5.02 Å². The van der Waals surface area contributed by atoms with Crippen LogP contribution in [-0.2, 0) is 0 Å². The fraction of sp³-hybridized carbons (Fsp3) is 0.235. The molecule has 0 saturated carbocycles. The van der Waals surface area contributed by atoms with Gasteiger partial charge in [0.2, 0.25) is 0 Å². The van der Waals surface area contributed by atoms with Crippen LogP contribution in [0.4, 0.5) is 0 Å². The Hall–Kier alpha value is -1.84. The zero-order valence-electron chi connectivity index (χ0n) is 12.1. The molecule has 2 N–H and O–H groups in total. The molecule has 0 aliphatic carbocycles. The first-order valence-electron chi connectivity index (χ1n) is 7.10. The smallest absolute Gasteiger partial charge is 0.124 e. The number of hydrogen-bond acceptors (Lipinski definition) is 2. The number of halogens is 1. The lowest BCUT2D eigenvalue weighted by Gasteiger charge is -2.19. The zero-order valence-corrected chi connectivity index (χ0v) is 12.9. The number of aromatic amines is 1. The summed E-state index contributed by atoms with van der Waals surface area (Å²) in [5, 5.41) is 4.32. The quantitative estimate of drug-likeness (QED) is 0.737. The highest BCUT2D eigenvalue weighted by molar-refractivity contribution is 6.31. The molecule has 3 nitrogen and oxygen atoms in total. The number of benzene rings is 2. The van der Waals surface area contributed by atoms with Gasteiger partial charge in [-0.05, 0) is 37.6 Å². The summed E-state index contributed by atoms with van der Waals surface area (Å²) in [6, 6.07) is 16.2. The minimum absolute atomic E-state index is 0.115. The molecule has 1 heterocycles. The van der Waals surface area contributed by atoms with Crippen LogP contribution >= 0.6 is 11.6 Å². The van der Waals surface area contributed by atoms with Crippen LogP contribution in [0.25, 0.3) is 11.0 Å². The van der Waals surface area contributed by atoms with Crippen LogP contribution in [0, 0.1) is 0 Å². The lowest BCUT2D eigenvalue weighted by molar-refractivity contribution is 0.480. The van der Waals surface area contributed by atoms with Crippen molar-refractivity contribution in [2.24, 2.45) is 0 Å². The van der Waals surface area contributed by atoms with Gasteiger partial charge in [0.05, 0.1) is 17.1 Å². The summed E-state index contributed by atoms with van der Waals surface area (Å²) in [4.78, 5) is 7.99. The maximum absolute atomic E-state index is 6.25. The number of hydrogen-bond donors (Lipinski definition) is 2. The van der Waals surface area contributed by atoms with Gasteiger partial charge in [0.1, 0.15) is 5.82 Å². The lowest BCUT2D eigenvalue weighted by Crippen LogP contribution is -2.23. The van der Waals surface area contributed by atoms with Gasteiger partial charge >= 0.3 is 0 Å². The molecule has 0 bridgehead atoms. The standard InChI is InChI=1S/C17H18ClN3/c1-11(13-7-3-4-8-14(13)18)19-12(2)17-20-15-9-5-6-10-16(15)21-17/h3-12,19H,1-2H3,(H,20,21). The molecule has 0 spiro atoms. The van der Waals surface area contributed by atoms with E-state index < -0.39 is 0 Å². The van der Waals surface area contributed by atoms with E-state index in [2.05, 4.69) is 29.1 Å². The van der Waals surface area contributed by atoms with Gasteiger partial charge in [0.15, 0.2) is 0 Å². The molecule has 21 heavy (non-hydrogen) atoms. The predicted octanol–water partition coefficient (Wildman–Crippen LogP) is 4.63. The Balaban J connectivity index is 1.79. The van der Waals surface area contributed by atoms with Gasteiger partial charge in [0, 0.05) is 11.1 Å². The molecule has 108 valence electrons. The number of rotatable bonds is 4. The first-order valence-corrected chi connectivity index (χ1v) is 7.48. The van der Waals surface area contributed by atoms with Crippen LogP contribution < -0.4 is 5.32 Å². The Labute approximate surface area is 129 Å². The van der Waals surface area contributed by atoms with Crippen molar-refractivity contribution >= 4 is 22.6 Å². The Morgan fingerprint density at radius 1 is 1.00 bits per heavy atom. The van der Waals surface area contributed by atoms with Gasteiger partial charge in [-0.15, -0.1) is 0 Å². The second kappa shape index (κ2) is 5.88. The topological polar surface area (TPSA) is 40.7 Å². The Kier molecular flexibility index (Phi) is 3.95. The summed E-state index contributed by atoms with van der Waals surface area (Å²) in [6.45, 7) is 4.21. The molecule has 2 atom stereocenters. The molecule has 3 rings (SSSR count). The molecule has 3 aromatic rings. The second-order valence-corrected chi connectivity index (χ2v) is 5.68. The minimum Gasteiger partial charge on any atom is -0.341 e. The van der Waals surface area contributed by atoms with E-state index in [4.69, 9.17) is 11.6 Å². The SMILES string of the molecule is CC(NC(C)c1ccccc1Cl)c1nc2ccccc2[nH]1. The van der Waals surface area contributed by atoms with Crippen molar-refractivity contribution in [3.63, 3.8) is 0 Å². The number of fused-ring (bicyclic) bond motifs is 1. The maximum atomic E-state index is 6.25. The number of nitrogens with one attached hydrogen (secondary N) is 2. The van der Waals surface area contributed by atoms with Crippen molar-refractivity contribution in [2.45, 2.75) is 25.9 Å². The van der Waals surface area contributed by atoms with Crippen molar-refractivity contribution in [2.75, 3.05) is 0 Å². The van der Waals surface area contributed by atoms with Crippen molar-refractivity contribution < 1.29 is 0 Å². The molecule has 0 aliphatic heterocycles. The van der Waals surface area contributed by atoms with E-state index in [0.717, 1.165) is 27.4 Å². The van der Waals surface area contributed by atoms with Gasteiger partial charge in [-0.25, -0.2) is 4.98 Å². The van der Waals surface area contributed by atoms with E-state index in [9.17, 15) is 0 Å². The summed E-state index contributed by atoms with van der Waals surface area (Å²) >= 11 is 6.25. The second-order valence-electron chi connectivity index (χ2n) is 5.27. The molecule has 2 aromatic carbocycles. The number of aromatic nitrogens is 2. The van der Waals surface area contributed by atoms with Gasteiger partial charge in [-0.2, -0.15) is 0 Å². The van der Waals surface area contributed by atoms with Crippen LogP contribution in [0.5, 0.6) is 0 Å². The third-order valence-electron chi connectivity index (χ3n) is 3.69. The largest absolute Gasteiger partial charge is 0.341 e. The van der Waals surface area contributed by atoms with Crippen molar-refractivity contribution in [1.29, 1.82) is 0 Å². The fourth-order valence-corrected chi connectivity index (χ4v) is 2.85. The molecule has 2 unspecified atom stereocenters. The Bertz CT molecular complexity index is 717. The zero-order chi connectivity index (χ0) is 14.8. The van der Waals surface area contributed by atoms with Gasteiger partial charge < -0.3 is 10.3 Å². The first kappa shape index (κ1) is 14.1. The highest BCUT2D eigenvalue weighted by Gasteiger charge is 2.15. The third-order valence-corrected chi connectivity index (χ3v) is 4.03. The van der Waals surface area contributed by atoms with E-state index in [1.54, 1.807) is 0 Å². The predicted molar refractivity (Wildman–Crippen MR) is 87.5 cm³/mol. The minimum atomic E-state index is 0.115. The van der Waals surface area contributed by atoms with Gasteiger partial charge in [-0.1, -0.05) is 41.9 Å². The van der Waals surface area contributed by atoms with E-state index >= 15 is 0 Å². The fourth-order valence-electron chi connectivity index (χ4n) is 2.55. The number of imidazole rings is 1. The van der Waals surface area contributed by atoms with E-state index in [1.807, 2.05) is 48.5 Å². The average Bonchev–Trinajstić information content (AvgIpc) is 2.91. The highest BCUT2D eigenvalue weighted by Crippen LogP contribution is 2.25. The van der Waals surface area contributed by atoms with Crippen LogP contribution in [-0.4, -0.2) is 9.97 Å². The molecular formula is C17H18ClN3. The normalized spacial score (nSPS) is 14.2. The molecular weight excluding hydrogens is 282 g/mol. The van der Waals surface area contributed by atoms with Crippen molar-refractivity contribution in [3.8, 4) is 0 Å². The van der Waals surface area contributed by atoms with Crippen molar-refractivity contribution in [3.05, 3.63) is 64.9 Å². The summed E-state index contributed by atoms with van der Waals surface area (Å²) in [7, 11) is 0. The Morgan fingerprint density at radius 2 is 1.71 bits per heavy atom. The molecule has 0 fully saturated rings. The van der Waals surface area contributed by atoms with Gasteiger partial charge in [0.25, 0.3) is 0 Å². The van der Waals surface area contributed by atoms with Crippen molar-refractivity contribution in [1.82, 2.24) is 15.3 Å². The molecule has 0 saturated heterocycles. The third kappa shape index (κ3) is 2.94. The molecule has 0 amide bonds. The summed E-state index contributed by atoms with van der Waals surface area (Å²) in [5.41, 5.74) is 3.15. The lowest BCUT2D eigenvalue weighted by atomic mass is 10.1. The van der Waals surface area contributed by atoms with Crippen LogP contribution in [0.1, 0.15) is 37.3 Å². The molecule has 0 aliphatic rings. The molecule has 1 aromatic heterocycles. The van der Waals surface area contributed by atoms with Crippen LogP contribution in [0.3, 0.4) is 0 Å². The van der Waals surface area contributed by atoms with Gasteiger partial charge in [-0.3, -0.25) is 0 Å². The van der Waals surface area contributed by atoms with E-state index in [-0.39, 0.29) is 12.1 Å². The average molecular weight is 300 g/mol. The summed E-state index contributed by atoms with van der Waals surface area (Å²) < 4.78 is 0. The van der Waals surface area contributed by atoms with E-state index in [0.29, 0.717) is 0 Å². The monoisotopic (exact) mass is 299 g/mol. The number of nitrogens with zero attached hydrogens (tertiary/aromatic N) is 1. The van der Waals surface area contributed by atoms with E-state index in [1.165, 1.54) is 0 Å². The molecule has 0 radical (unpaired) electrons. The van der Waals surface area contributed by atoms with Crippen LogP contribution in [0.15, 0.2) is 48.5 Å². The number of H-pyrrole nitrogens is 1. The molecule has 4 heteroatoms. The number of para-hydroxylation sites is 2. The maximum Gasteiger partial charge on any atom is 0.124 e.